The average Bonchev–Trinajstić information content (AvgIpc) is 2.43. The zero-order valence-corrected chi connectivity index (χ0v) is 13.7. The first kappa shape index (κ1) is 19.1. The summed E-state index contributed by atoms with van der Waals surface area (Å²) in [7, 11) is -4.47. The number of carbonyl (C=O) groups excluding carboxylic acids is 1. The Labute approximate surface area is 135 Å². The van der Waals surface area contributed by atoms with Crippen molar-refractivity contribution in [2.45, 2.75) is 38.6 Å². The lowest BCUT2D eigenvalue weighted by molar-refractivity contribution is -0.141. The lowest BCUT2D eigenvalue weighted by Crippen LogP contribution is -2.45. The quantitative estimate of drug-likeness (QED) is 0.457. The van der Waals surface area contributed by atoms with Crippen molar-refractivity contribution >= 4 is 22.0 Å². The van der Waals surface area contributed by atoms with Gasteiger partial charge in [0, 0.05) is 6.42 Å². The fourth-order valence-electron chi connectivity index (χ4n) is 2.02. The SMILES string of the molecule is Cc1ccc(CCCCC(=O)N[C@@H](CS(=O)(=O)O)C(=O)O)cc1. The molecule has 0 saturated heterocycles. The number of carboxylic acid groups (broad SMARTS) is 1. The number of hydrogen-bond acceptors (Lipinski definition) is 4. The number of hydrogen-bond donors (Lipinski definition) is 3. The predicted molar refractivity (Wildman–Crippen MR) is 84.7 cm³/mol. The van der Waals surface area contributed by atoms with Crippen LogP contribution >= 0.6 is 0 Å². The van der Waals surface area contributed by atoms with Crippen molar-refractivity contribution in [2.24, 2.45) is 0 Å². The standard InChI is InChI=1S/C15H21NO6S/c1-11-6-8-12(9-7-11)4-2-3-5-14(17)16-13(15(18)19)10-23(20,21)22/h6-9,13H,2-5,10H2,1H3,(H,16,17)(H,18,19)(H,20,21,22)/t13-/m0/s1. The highest BCUT2D eigenvalue weighted by Crippen LogP contribution is 2.08. The minimum absolute atomic E-state index is 0.0983. The third kappa shape index (κ3) is 8.32. The number of rotatable bonds is 9. The first-order chi connectivity index (χ1) is 10.7. The lowest BCUT2D eigenvalue weighted by atomic mass is 10.1. The van der Waals surface area contributed by atoms with E-state index in [0.29, 0.717) is 6.42 Å². The Balaban J connectivity index is 2.35. The summed E-state index contributed by atoms with van der Waals surface area (Å²) < 4.78 is 30.1. The second-order valence-electron chi connectivity index (χ2n) is 5.40. The molecule has 1 aromatic carbocycles. The van der Waals surface area contributed by atoms with E-state index < -0.39 is 33.8 Å². The van der Waals surface area contributed by atoms with Gasteiger partial charge in [-0.05, 0) is 31.7 Å². The van der Waals surface area contributed by atoms with E-state index in [-0.39, 0.29) is 6.42 Å². The van der Waals surface area contributed by atoms with Gasteiger partial charge < -0.3 is 10.4 Å². The smallest absolute Gasteiger partial charge is 0.327 e. The maximum atomic E-state index is 11.6. The van der Waals surface area contributed by atoms with Crippen LogP contribution in [0.5, 0.6) is 0 Å². The minimum Gasteiger partial charge on any atom is -0.480 e. The van der Waals surface area contributed by atoms with Gasteiger partial charge in [0.25, 0.3) is 10.1 Å². The summed E-state index contributed by atoms with van der Waals surface area (Å²) in [6.45, 7) is 2.00. The molecule has 0 heterocycles. The van der Waals surface area contributed by atoms with E-state index >= 15 is 0 Å². The molecule has 3 N–H and O–H groups in total. The number of aliphatic carboxylic acids is 1. The lowest BCUT2D eigenvalue weighted by Gasteiger charge is -2.12. The molecule has 128 valence electrons. The molecule has 7 nitrogen and oxygen atoms in total. The first-order valence-corrected chi connectivity index (χ1v) is 8.81. The van der Waals surface area contributed by atoms with Crippen LogP contribution in [0.2, 0.25) is 0 Å². The highest BCUT2D eigenvalue weighted by molar-refractivity contribution is 7.85. The molecule has 23 heavy (non-hydrogen) atoms. The second-order valence-corrected chi connectivity index (χ2v) is 6.90. The fourth-order valence-corrected chi connectivity index (χ4v) is 2.67. The molecular weight excluding hydrogens is 322 g/mol. The molecule has 0 saturated carbocycles. The molecule has 0 radical (unpaired) electrons. The third-order valence-electron chi connectivity index (χ3n) is 3.25. The average molecular weight is 343 g/mol. The van der Waals surface area contributed by atoms with Crippen LogP contribution in [0.3, 0.4) is 0 Å². The van der Waals surface area contributed by atoms with E-state index in [4.69, 9.17) is 9.66 Å². The van der Waals surface area contributed by atoms with E-state index in [1.54, 1.807) is 0 Å². The summed E-state index contributed by atoms with van der Waals surface area (Å²) in [5, 5.41) is 10.9. The zero-order valence-electron chi connectivity index (χ0n) is 12.9. The summed E-state index contributed by atoms with van der Waals surface area (Å²) in [6, 6.07) is 6.41. The Morgan fingerprint density at radius 2 is 1.78 bits per heavy atom. The van der Waals surface area contributed by atoms with Gasteiger partial charge in [0.1, 0.15) is 11.8 Å². The van der Waals surface area contributed by atoms with Crippen molar-refractivity contribution in [1.29, 1.82) is 0 Å². The summed E-state index contributed by atoms with van der Waals surface area (Å²) in [6.07, 6.45) is 2.21. The Morgan fingerprint density at radius 1 is 1.17 bits per heavy atom. The van der Waals surface area contributed by atoms with Crippen molar-refractivity contribution < 1.29 is 27.7 Å². The largest absolute Gasteiger partial charge is 0.480 e. The van der Waals surface area contributed by atoms with Crippen LogP contribution in [0.15, 0.2) is 24.3 Å². The molecule has 0 fully saturated rings. The van der Waals surface area contributed by atoms with E-state index in [1.165, 1.54) is 5.56 Å². The molecule has 1 atom stereocenters. The van der Waals surface area contributed by atoms with Crippen LogP contribution in [-0.4, -0.2) is 41.7 Å². The number of aryl methyl sites for hydroxylation is 2. The van der Waals surface area contributed by atoms with Crippen LogP contribution in [-0.2, 0) is 26.1 Å². The second kappa shape index (κ2) is 8.64. The highest BCUT2D eigenvalue weighted by atomic mass is 32.2. The van der Waals surface area contributed by atoms with Crippen LogP contribution < -0.4 is 5.32 Å². The maximum absolute atomic E-state index is 11.6. The van der Waals surface area contributed by atoms with Gasteiger partial charge in [0.15, 0.2) is 0 Å². The van der Waals surface area contributed by atoms with Gasteiger partial charge in [0.05, 0.1) is 0 Å². The fraction of sp³-hybridized carbons (Fsp3) is 0.467. The van der Waals surface area contributed by atoms with E-state index in [2.05, 4.69) is 5.32 Å². The Kier molecular flexibility index (Phi) is 7.18. The topological polar surface area (TPSA) is 121 Å². The van der Waals surface area contributed by atoms with Gasteiger partial charge in [-0.25, -0.2) is 4.79 Å². The van der Waals surface area contributed by atoms with E-state index in [1.807, 2.05) is 31.2 Å². The predicted octanol–water partition coefficient (Wildman–Crippen LogP) is 1.17. The Morgan fingerprint density at radius 3 is 2.30 bits per heavy atom. The summed E-state index contributed by atoms with van der Waals surface area (Å²) >= 11 is 0. The van der Waals surface area contributed by atoms with Gasteiger partial charge in [-0.2, -0.15) is 8.42 Å². The van der Waals surface area contributed by atoms with Crippen molar-refractivity contribution in [3.05, 3.63) is 35.4 Å². The number of unbranched alkanes of at least 4 members (excludes halogenated alkanes) is 1. The molecular formula is C15H21NO6S. The Bertz CT molecular complexity index is 638. The third-order valence-corrected chi connectivity index (χ3v) is 4.01. The molecule has 8 heteroatoms. The molecule has 1 amide bonds. The molecule has 0 bridgehead atoms. The van der Waals surface area contributed by atoms with Gasteiger partial charge in [-0.3, -0.25) is 9.35 Å². The van der Waals surface area contributed by atoms with Crippen molar-refractivity contribution in [3.8, 4) is 0 Å². The monoisotopic (exact) mass is 343 g/mol. The first-order valence-electron chi connectivity index (χ1n) is 7.20. The molecule has 0 aliphatic rings. The number of carboxylic acids is 1. The molecule has 1 rings (SSSR count). The minimum atomic E-state index is -4.47. The zero-order chi connectivity index (χ0) is 17.5. The molecule has 0 aliphatic carbocycles. The van der Waals surface area contributed by atoms with Crippen molar-refractivity contribution in [1.82, 2.24) is 5.32 Å². The maximum Gasteiger partial charge on any atom is 0.327 e. The van der Waals surface area contributed by atoms with Crippen LogP contribution in [0.4, 0.5) is 0 Å². The summed E-state index contributed by atoms with van der Waals surface area (Å²) in [5.74, 6) is -3.10. The number of nitrogens with one attached hydrogen (secondary N) is 1. The Hall–Kier alpha value is -1.93. The highest BCUT2D eigenvalue weighted by Gasteiger charge is 2.25. The van der Waals surface area contributed by atoms with E-state index in [0.717, 1.165) is 18.4 Å². The number of carbonyl (C=O) groups is 2. The normalized spacial score (nSPS) is 12.6. The molecule has 1 aromatic rings. The summed E-state index contributed by atoms with van der Waals surface area (Å²) in [4.78, 5) is 22.5. The van der Waals surface area contributed by atoms with Gasteiger partial charge in [-0.15, -0.1) is 0 Å². The molecule has 0 aliphatic heterocycles. The van der Waals surface area contributed by atoms with Crippen LogP contribution in [0.1, 0.15) is 30.4 Å². The van der Waals surface area contributed by atoms with Gasteiger partial charge in [0.2, 0.25) is 5.91 Å². The van der Waals surface area contributed by atoms with E-state index in [9.17, 15) is 18.0 Å². The van der Waals surface area contributed by atoms with Gasteiger partial charge in [-0.1, -0.05) is 29.8 Å². The number of amides is 1. The molecule has 0 unspecified atom stereocenters. The summed E-state index contributed by atoms with van der Waals surface area (Å²) in [5.41, 5.74) is 2.33. The van der Waals surface area contributed by atoms with Crippen molar-refractivity contribution in [2.75, 3.05) is 5.75 Å². The molecule has 0 spiro atoms. The van der Waals surface area contributed by atoms with Crippen LogP contribution in [0, 0.1) is 6.92 Å². The molecule has 0 aromatic heterocycles. The number of benzene rings is 1. The van der Waals surface area contributed by atoms with Crippen molar-refractivity contribution in [3.63, 3.8) is 0 Å². The van der Waals surface area contributed by atoms with Gasteiger partial charge >= 0.3 is 5.97 Å². The van der Waals surface area contributed by atoms with Crippen LogP contribution in [0.25, 0.3) is 0 Å².